The lowest BCUT2D eigenvalue weighted by atomic mass is 10.2. The molecule has 0 aromatic carbocycles. The van der Waals surface area contributed by atoms with Gasteiger partial charge in [0.1, 0.15) is 5.82 Å². The number of amides is 1. The van der Waals surface area contributed by atoms with Gasteiger partial charge in [-0.05, 0) is 44.5 Å². The van der Waals surface area contributed by atoms with Gasteiger partial charge in [0.2, 0.25) is 5.91 Å². The van der Waals surface area contributed by atoms with E-state index in [4.69, 9.17) is 0 Å². The molecule has 2 heterocycles. The second kappa shape index (κ2) is 7.85. The summed E-state index contributed by atoms with van der Waals surface area (Å²) in [7, 11) is 1.89. The second-order valence-corrected chi connectivity index (χ2v) is 5.20. The number of carbonyl (C=O) groups excluding carboxylic acids is 1. The first kappa shape index (κ1) is 14.8. The number of rotatable bonds is 7. The van der Waals surface area contributed by atoms with Crippen molar-refractivity contribution < 1.29 is 4.79 Å². The Morgan fingerprint density at radius 2 is 2.15 bits per heavy atom. The molecular formula is C15H24N4O. The SMILES string of the molecule is CNCCCC(=O)NCc1ccc(N2CCCC2)nc1. The molecule has 5 nitrogen and oxygen atoms in total. The number of hydrogen-bond acceptors (Lipinski definition) is 4. The van der Waals surface area contributed by atoms with Gasteiger partial charge in [0.15, 0.2) is 0 Å². The van der Waals surface area contributed by atoms with Crippen molar-refractivity contribution in [2.45, 2.75) is 32.2 Å². The first-order valence-electron chi connectivity index (χ1n) is 7.41. The molecule has 1 saturated heterocycles. The standard InChI is InChI=1S/C15H24N4O/c1-16-8-4-5-15(20)18-12-13-6-7-14(17-11-13)19-9-2-3-10-19/h6-7,11,16H,2-5,8-10,12H2,1H3,(H,18,20). The van der Waals surface area contributed by atoms with E-state index in [1.165, 1.54) is 12.8 Å². The third kappa shape index (κ3) is 4.49. The van der Waals surface area contributed by atoms with Gasteiger partial charge in [-0.25, -0.2) is 4.98 Å². The molecule has 0 bridgehead atoms. The van der Waals surface area contributed by atoms with Crippen LogP contribution in [0.15, 0.2) is 18.3 Å². The molecule has 0 saturated carbocycles. The lowest BCUT2D eigenvalue weighted by Crippen LogP contribution is -2.24. The van der Waals surface area contributed by atoms with E-state index in [2.05, 4.69) is 26.6 Å². The highest BCUT2D eigenvalue weighted by Crippen LogP contribution is 2.17. The molecule has 20 heavy (non-hydrogen) atoms. The fraction of sp³-hybridized carbons (Fsp3) is 0.600. The first-order valence-corrected chi connectivity index (χ1v) is 7.41. The molecule has 0 unspecified atom stereocenters. The highest BCUT2D eigenvalue weighted by Gasteiger charge is 2.12. The van der Waals surface area contributed by atoms with E-state index in [1.807, 2.05) is 19.3 Å². The normalized spacial score (nSPS) is 14.6. The summed E-state index contributed by atoms with van der Waals surface area (Å²) in [5, 5.41) is 5.96. The number of pyridine rings is 1. The van der Waals surface area contributed by atoms with Gasteiger partial charge in [-0.3, -0.25) is 4.79 Å². The quantitative estimate of drug-likeness (QED) is 0.737. The van der Waals surface area contributed by atoms with E-state index in [9.17, 15) is 4.79 Å². The number of aromatic nitrogens is 1. The summed E-state index contributed by atoms with van der Waals surface area (Å²) in [5.41, 5.74) is 1.05. The Balaban J connectivity index is 1.74. The van der Waals surface area contributed by atoms with Crippen molar-refractivity contribution in [3.63, 3.8) is 0 Å². The van der Waals surface area contributed by atoms with Crippen molar-refractivity contribution in [2.24, 2.45) is 0 Å². The molecule has 1 aliphatic heterocycles. The van der Waals surface area contributed by atoms with Gasteiger partial charge in [0, 0.05) is 32.3 Å². The molecule has 0 spiro atoms. The monoisotopic (exact) mass is 276 g/mol. The van der Waals surface area contributed by atoms with Crippen LogP contribution in [-0.4, -0.2) is 37.6 Å². The predicted octanol–water partition coefficient (Wildman–Crippen LogP) is 1.30. The second-order valence-electron chi connectivity index (χ2n) is 5.20. The first-order chi connectivity index (χ1) is 9.79. The molecular weight excluding hydrogens is 252 g/mol. The van der Waals surface area contributed by atoms with E-state index >= 15 is 0 Å². The lowest BCUT2D eigenvalue weighted by molar-refractivity contribution is -0.121. The zero-order valence-electron chi connectivity index (χ0n) is 12.2. The molecule has 1 amide bonds. The van der Waals surface area contributed by atoms with E-state index in [0.29, 0.717) is 13.0 Å². The molecule has 0 radical (unpaired) electrons. The van der Waals surface area contributed by atoms with Gasteiger partial charge in [0.25, 0.3) is 0 Å². The topological polar surface area (TPSA) is 57.3 Å². The van der Waals surface area contributed by atoms with E-state index < -0.39 is 0 Å². The smallest absolute Gasteiger partial charge is 0.220 e. The van der Waals surface area contributed by atoms with Crippen LogP contribution in [0.1, 0.15) is 31.2 Å². The summed E-state index contributed by atoms with van der Waals surface area (Å²) >= 11 is 0. The van der Waals surface area contributed by atoms with Crippen LogP contribution in [-0.2, 0) is 11.3 Å². The van der Waals surface area contributed by atoms with E-state index in [-0.39, 0.29) is 5.91 Å². The molecule has 0 aliphatic carbocycles. The van der Waals surface area contributed by atoms with Crippen molar-refractivity contribution in [3.8, 4) is 0 Å². The van der Waals surface area contributed by atoms with Crippen LogP contribution in [0.5, 0.6) is 0 Å². The Labute approximate surface area is 120 Å². The van der Waals surface area contributed by atoms with Gasteiger partial charge in [-0.2, -0.15) is 0 Å². The minimum atomic E-state index is 0.101. The summed E-state index contributed by atoms with van der Waals surface area (Å²) in [6, 6.07) is 4.10. The summed E-state index contributed by atoms with van der Waals surface area (Å²) in [4.78, 5) is 18.4. The summed E-state index contributed by atoms with van der Waals surface area (Å²) < 4.78 is 0. The molecule has 1 fully saturated rings. The number of nitrogens with one attached hydrogen (secondary N) is 2. The third-order valence-corrected chi connectivity index (χ3v) is 3.56. The van der Waals surface area contributed by atoms with E-state index in [0.717, 1.165) is 37.4 Å². The van der Waals surface area contributed by atoms with Crippen LogP contribution in [0.3, 0.4) is 0 Å². The Morgan fingerprint density at radius 3 is 2.80 bits per heavy atom. The number of carbonyl (C=O) groups is 1. The van der Waals surface area contributed by atoms with Gasteiger partial charge in [-0.15, -0.1) is 0 Å². The Kier molecular flexibility index (Phi) is 5.80. The fourth-order valence-electron chi connectivity index (χ4n) is 2.37. The summed E-state index contributed by atoms with van der Waals surface area (Å²) in [6.45, 7) is 3.65. The van der Waals surface area contributed by atoms with Crippen LogP contribution in [0, 0.1) is 0 Å². The maximum atomic E-state index is 11.6. The van der Waals surface area contributed by atoms with Crippen LogP contribution in [0.25, 0.3) is 0 Å². The summed E-state index contributed by atoms with van der Waals surface area (Å²) in [6.07, 6.45) is 5.81. The molecule has 2 N–H and O–H groups in total. The van der Waals surface area contributed by atoms with Crippen molar-refractivity contribution in [2.75, 3.05) is 31.6 Å². The van der Waals surface area contributed by atoms with Crippen molar-refractivity contribution in [1.29, 1.82) is 0 Å². The maximum Gasteiger partial charge on any atom is 0.220 e. The maximum absolute atomic E-state index is 11.6. The molecule has 110 valence electrons. The van der Waals surface area contributed by atoms with Gasteiger partial charge < -0.3 is 15.5 Å². The van der Waals surface area contributed by atoms with Gasteiger partial charge in [0.05, 0.1) is 0 Å². The predicted molar refractivity (Wildman–Crippen MR) is 80.7 cm³/mol. The molecule has 0 atom stereocenters. The zero-order chi connectivity index (χ0) is 14.2. The van der Waals surface area contributed by atoms with Crippen LogP contribution >= 0.6 is 0 Å². The van der Waals surface area contributed by atoms with Gasteiger partial charge in [-0.1, -0.05) is 6.07 Å². The fourth-order valence-corrected chi connectivity index (χ4v) is 2.37. The highest BCUT2D eigenvalue weighted by molar-refractivity contribution is 5.75. The zero-order valence-corrected chi connectivity index (χ0v) is 12.2. The minimum Gasteiger partial charge on any atom is -0.357 e. The number of hydrogen-bond donors (Lipinski definition) is 2. The van der Waals surface area contributed by atoms with Crippen molar-refractivity contribution >= 4 is 11.7 Å². The Bertz CT molecular complexity index is 412. The Morgan fingerprint density at radius 1 is 1.35 bits per heavy atom. The minimum absolute atomic E-state index is 0.101. The van der Waals surface area contributed by atoms with Gasteiger partial charge >= 0.3 is 0 Å². The van der Waals surface area contributed by atoms with Crippen molar-refractivity contribution in [3.05, 3.63) is 23.9 Å². The third-order valence-electron chi connectivity index (χ3n) is 3.56. The molecule has 1 aromatic heterocycles. The van der Waals surface area contributed by atoms with E-state index in [1.54, 1.807) is 0 Å². The van der Waals surface area contributed by atoms with Crippen LogP contribution in [0.4, 0.5) is 5.82 Å². The highest BCUT2D eigenvalue weighted by atomic mass is 16.1. The Hall–Kier alpha value is -1.62. The molecule has 1 aliphatic rings. The van der Waals surface area contributed by atoms with Crippen molar-refractivity contribution in [1.82, 2.24) is 15.6 Å². The lowest BCUT2D eigenvalue weighted by Gasteiger charge is -2.16. The van der Waals surface area contributed by atoms with Crippen LogP contribution in [0.2, 0.25) is 0 Å². The number of nitrogens with zero attached hydrogens (tertiary/aromatic N) is 2. The van der Waals surface area contributed by atoms with Crippen LogP contribution < -0.4 is 15.5 Å². The summed E-state index contributed by atoms with van der Waals surface area (Å²) in [5.74, 6) is 1.15. The molecule has 1 aromatic rings. The average Bonchev–Trinajstić information content (AvgIpc) is 3.00. The molecule has 2 rings (SSSR count). The number of anilines is 1. The average molecular weight is 276 g/mol. The molecule has 5 heteroatoms. The largest absolute Gasteiger partial charge is 0.357 e.